The lowest BCUT2D eigenvalue weighted by Gasteiger charge is -2.14. The fraction of sp³-hybridized carbons (Fsp3) is 0.583. The van der Waals surface area contributed by atoms with E-state index in [-0.39, 0.29) is 10.9 Å². The zero-order valence-electron chi connectivity index (χ0n) is 11.7. The molecule has 0 aliphatic carbocycles. The Hall–Kier alpha value is -1.46. The summed E-state index contributed by atoms with van der Waals surface area (Å²) in [5.41, 5.74) is -0.393. The molecule has 4 N–H and O–H groups in total. The predicted octanol–water partition coefficient (Wildman–Crippen LogP) is -2.46. The first-order valence-corrected chi connectivity index (χ1v) is 7.43. The molecule has 22 heavy (non-hydrogen) atoms. The molecule has 0 spiro atoms. The number of rotatable bonds is 5. The number of nitrogens with one attached hydrogen (secondary N) is 1. The van der Waals surface area contributed by atoms with Gasteiger partial charge in [0.15, 0.2) is 0 Å². The van der Waals surface area contributed by atoms with Gasteiger partial charge >= 0.3 is 16.7 Å². The smallest absolute Gasteiger partial charge is 0.335 e. The lowest BCUT2D eigenvalue weighted by Crippen LogP contribution is -2.49. The monoisotopic (exact) mass is 333 g/mol. The van der Waals surface area contributed by atoms with Gasteiger partial charge < -0.3 is 24.8 Å². The maximum Gasteiger partial charge on any atom is 0.335 e. The highest BCUT2D eigenvalue weighted by Crippen LogP contribution is 2.26. The Kier molecular flexibility index (Phi) is 5.53. The van der Waals surface area contributed by atoms with Crippen LogP contribution in [-0.4, -0.2) is 64.1 Å². The van der Waals surface area contributed by atoms with Crippen LogP contribution in [0.1, 0.15) is 6.23 Å². The highest BCUT2D eigenvalue weighted by molar-refractivity contribution is 7.99. The zero-order chi connectivity index (χ0) is 16.3. The number of ether oxygens (including phenoxy) is 2. The van der Waals surface area contributed by atoms with Crippen molar-refractivity contribution in [2.75, 3.05) is 19.5 Å². The molecule has 1 aliphatic rings. The van der Waals surface area contributed by atoms with Gasteiger partial charge in [-0.25, -0.2) is 9.78 Å². The molecule has 0 radical (unpaired) electrons. The van der Waals surface area contributed by atoms with Crippen LogP contribution in [0.15, 0.2) is 22.2 Å². The van der Waals surface area contributed by atoms with Crippen molar-refractivity contribution < 1.29 is 34.2 Å². The second-order valence-corrected chi connectivity index (χ2v) is 5.58. The fourth-order valence-electron chi connectivity index (χ4n) is 2.03. The van der Waals surface area contributed by atoms with E-state index in [1.807, 2.05) is 0 Å². The van der Waals surface area contributed by atoms with Gasteiger partial charge in [-0.2, -0.15) is 4.57 Å². The number of thioether (sulfide) groups is 1. The number of carbonyl (C=O) groups is 1. The number of aromatic nitrogens is 2. The Balaban J connectivity index is 2.27. The van der Waals surface area contributed by atoms with Gasteiger partial charge in [-0.15, -0.1) is 0 Å². The molecule has 1 aromatic rings. The molecule has 1 fully saturated rings. The van der Waals surface area contributed by atoms with Gasteiger partial charge in [-0.3, -0.25) is 4.79 Å². The lowest BCUT2D eigenvalue weighted by atomic mass is 10.1. The average molecular weight is 333 g/mol. The van der Waals surface area contributed by atoms with Crippen molar-refractivity contribution in [3.05, 3.63) is 22.6 Å². The minimum Gasteiger partial charge on any atom is -0.468 e. The van der Waals surface area contributed by atoms with Gasteiger partial charge in [-0.1, -0.05) is 0 Å². The molecule has 0 unspecified atom stereocenters. The molecule has 1 aliphatic heterocycles. The third-order valence-electron chi connectivity index (χ3n) is 3.20. The van der Waals surface area contributed by atoms with E-state index >= 15 is 0 Å². The molecule has 2 heterocycles. The molecule has 2 rings (SSSR count). The second-order valence-electron chi connectivity index (χ2n) is 4.61. The first kappa shape index (κ1) is 16.9. The van der Waals surface area contributed by atoms with Crippen molar-refractivity contribution in [2.24, 2.45) is 0 Å². The normalized spacial score (nSPS) is 27.8. The van der Waals surface area contributed by atoms with E-state index in [0.717, 1.165) is 11.8 Å². The van der Waals surface area contributed by atoms with Crippen LogP contribution in [0.5, 0.6) is 0 Å². The van der Waals surface area contributed by atoms with Crippen LogP contribution in [0.25, 0.3) is 0 Å². The van der Waals surface area contributed by atoms with E-state index in [2.05, 4.69) is 9.72 Å². The Morgan fingerprint density at radius 1 is 1.50 bits per heavy atom. The number of methoxy groups -OCH3 is 1. The number of hydrogen-bond donors (Lipinski definition) is 4. The Labute approximate surface area is 129 Å². The summed E-state index contributed by atoms with van der Waals surface area (Å²) in [5.74, 6) is -0.534. The molecule has 1 saturated heterocycles. The largest absolute Gasteiger partial charge is 0.468 e. The number of aliphatic hydroxyl groups is 3. The van der Waals surface area contributed by atoms with E-state index < -0.39 is 42.7 Å². The quantitative estimate of drug-likeness (QED) is 0.202. The van der Waals surface area contributed by atoms with E-state index in [1.165, 1.54) is 23.9 Å². The number of aliphatic hydroxyl groups excluding tert-OH is 3. The molecular formula is C12H17N2O7S+. The summed E-state index contributed by atoms with van der Waals surface area (Å²) in [6, 6.07) is 1.22. The molecule has 10 heteroatoms. The molecular weight excluding hydrogens is 316 g/mol. The van der Waals surface area contributed by atoms with Crippen molar-refractivity contribution >= 4 is 17.7 Å². The molecule has 0 aromatic carbocycles. The van der Waals surface area contributed by atoms with E-state index in [0.29, 0.717) is 0 Å². The van der Waals surface area contributed by atoms with Gasteiger partial charge in [-0.05, 0) is 11.8 Å². The van der Waals surface area contributed by atoms with Gasteiger partial charge in [0, 0.05) is 0 Å². The highest BCUT2D eigenvalue weighted by Gasteiger charge is 2.46. The average Bonchev–Trinajstić information content (AvgIpc) is 2.80. The predicted molar refractivity (Wildman–Crippen MR) is 73.0 cm³/mol. The number of nitrogens with zero attached hydrogens (tertiary/aromatic N) is 1. The number of aromatic amines is 1. The molecule has 0 bridgehead atoms. The minimum absolute atomic E-state index is 0.0503. The third kappa shape index (κ3) is 3.47. The summed E-state index contributed by atoms with van der Waals surface area (Å²) < 4.78 is 11.3. The molecule has 1 aromatic heterocycles. The molecule has 0 saturated carbocycles. The summed E-state index contributed by atoms with van der Waals surface area (Å²) in [5, 5.41) is 29.2. The van der Waals surface area contributed by atoms with Gasteiger partial charge in [0.1, 0.15) is 30.3 Å². The molecule has 9 nitrogen and oxygen atoms in total. The van der Waals surface area contributed by atoms with Crippen LogP contribution in [0.3, 0.4) is 0 Å². The fourth-order valence-corrected chi connectivity index (χ4v) is 2.89. The van der Waals surface area contributed by atoms with Crippen LogP contribution in [-0.2, 0) is 14.3 Å². The topological polar surface area (TPSA) is 133 Å². The summed E-state index contributed by atoms with van der Waals surface area (Å²) in [6.07, 6.45) is -3.10. The van der Waals surface area contributed by atoms with Crippen LogP contribution >= 0.6 is 11.8 Å². The first-order valence-electron chi connectivity index (χ1n) is 6.44. The molecule has 0 amide bonds. The van der Waals surface area contributed by atoms with E-state index in [1.54, 1.807) is 0 Å². The van der Waals surface area contributed by atoms with Crippen molar-refractivity contribution in [1.29, 1.82) is 0 Å². The number of H-pyrrole nitrogens is 1. The van der Waals surface area contributed by atoms with Crippen LogP contribution in [0.2, 0.25) is 0 Å². The first-order chi connectivity index (χ1) is 10.5. The Morgan fingerprint density at radius 3 is 2.82 bits per heavy atom. The summed E-state index contributed by atoms with van der Waals surface area (Å²) in [7, 11) is 1.25. The number of carbonyl (C=O) groups excluding carboxylic acids is 1. The standard InChI is InChI=1S/C12H16N2O7S/c1-20-8(17)5-22-12-13-7(16)2-3-14(12)11-10(19)9(18)6(4-15)21-11/h2-3,6,9-11,15,18-19H,4-5H2,1H3/p+1/t6-,9-,10-,11-/m1/s1. The van der Waals surface area contributed by atoms with E-state index in [4.69, 9.17) is 9.84 Å². The second kappa shape index (κ2) is 7.20. The maximum absolute atomic E-state index is 11.4. The summed E-state index contributed by atoms with van der Waals surface area (Å²) in [4.78, 5) is 25.2. The van der Waals surface area contributed by atoms with Crippen LogP contribution in [0, 0.1) is 0 Å². The van der Waals surface area contributed by atoms with E-state index in [9.17, 15) is 19.8 Å². The number of esters is 1. The molecule has 122 valence electrons. The highest BCUT2D eigenvalue weighted by atomic mass is 32.2. The lowest BCUT2D eigenvalue weighted by molar-refractivity contribution is -0.800. The van der Waals surface area contributed by atoms with Gasteiger partial charge in [0.2, 0.25) is 6.23 Å². The molecule has 4 atom stereocenters. The number of hydrogen-bond acceptors (Lipinski definition) is 8. The zero-order valence-corrected chi connectivity index (χ0v) is 12.5. The minimum atomic E-state index is -1.29. The van der Waals surface area contributed by atoms with Crippen molar-refractivity contribution in [1.82, 2.24) is 4.98 Å². The van der Waals surface area contributed by atoms with Crippen molar-refractivity contribution in [2.45, 2.75) is 29.7 Å². The van der Waals surface area contributed by atoms with Crippen LogP contribution in [0.4, 0.5) is 0 Å². The van der Waals surface area contributed by atoms with Crippen molar-refractivity contribution in [3.8, 4) is 0 Å². The summed E-state index contributed by atoms with van der Waals surface area (Å²) in [6.45, 7) is -0.455. The maximum atomic E-state index is 11.4. The third-order valence-corrected chi connectivity index (χ3v) is 4.16. The Bertz CT molecular complexity index is 593. The van der Waals surface area contributed by atoms with Crippen molar-refractivity contribution in [3.63, 3.8) is 0 Å². The summed E-state index contributed by atoms with van der Waals surface area (Å²) >= 11 is 0.990. The van der Waals surface area contributed by atoms with Crippen LogP contribution < -0.4 is 10.1 Å². The van der Waals surface area contributed by atoms with Gasteiger partial charge in [0.05, 0.1) is 19.8 Å². The Morgan fingerprint density at radius 2 is 2.23 bits per heavy atom. The van der Waals surface area contributed by atoms with Gasteiger partial charge in [0.25, 0.3) is 0 Å². The SMILES string of the molecule is COC(=O)CSc1[nH]c(=O)cc[n+]1[C@@H]1O[C@H](CO)[C@@H](O)[C@H]1O.